The number of esters is 1. The Morgan fingerprint density at radius 2 is 2.03 bits per heavy atom. The van der Waals surface area contributed by atoms with Crippen molar-refractivity contribution >= 4 is 29.4 Å². The molecule has 0 radical (unpaired) electrons. The number of aromatic nitrogens is 1. The molecule has 1 aromatic carbocycles. The fourth-order valence-electron chi connectivity index (χ4n) is 4.58. The van der Waals surface area contributed by atoms with Crippen molar-refractivity contribution in [3.05, 3.63) is 63.5 Å². The van der Waals surface area contributed by atoms with Crippen LogP contribution < -0.4 is 5.32 Å². The standard InChI is InChI=1S/C25H27F3N4O4S.CH4O/c1-3-35-23(34)20-18(14-32-10-8-19(36-12-11-33)25(27,28)15-32)30-21(22-29-9-13-37-22)31-24(20,2)16-4-6-17(26)7-5-16;1-2/h4-7,9,11,13,19H,3,8,10,12,14-15H2,1-2H3,(H,30,31);2H,1H3/t19?,24-;/m1./s1. The number of nitrogens with one attached hydrogen (secondary N) is 1. The van der Waals surface area contributed by atoms with E-state index in [4.69, 9.17) is 19.6 Å². The predicted molar refractivity (Wildman–Crippen MR) is 139 cm³/mol. The predicted octanol–water partition coefficient (Wildman–Crippen LogP) is 2.90. The first kappa shape index (κ1) is 30.4. The van der Waals surface area contributed by atoms with E-state index >= 15 is 0 Å². The Labute approximate surface area is 228 Å². The maximum Gasteiger partial charge on any atom is 0.338 e. The third kappa shape index (κ3) is 6.90. The average molecular weight is 569 g/mol. The van der Waals surface area contributed by atoms with Crippen molar-refractivity contribution in [3.8, 4) is 0 Å². The van der Waals surface area contributed by atoms with Gasteiger partial charge in [-0.2, -0.15) is 0 Å². The van der Waals surface area contributed by atoms with Crippen molar-refractivity contribution in [2.45, 2.75) is 37.8 Å². The van der Waals surface area contributed by atoms with E-state index in [1.54, 1.807) is 25.4 Å². The lowest BCUT2D eigenvalue weighted by Gasteiger charge is -2.40. The van der Waals surface area contributed by atoms with Crippen molar-refractivity contribution in [1.82, 2.24) is 15.2 Å². The Hall–Kier alpha value is -3.13. The van der Waals surface area contributed by atoms with Crippen LogP contribution >= 0.6 is 11.3 Å². The van der Waals surface area contributed by atoms with Crippen LogP contribution in [0.4, 0.5) is 13.2 Å². The Morgan fingerprint density at radius 1 is 1.31 bits per heavy atom. The van der Waals surface area contributed by atoms with E-state index in [0.717, 1.165) is 7.11 Å². The fraction of sp³-hybridized carbons (Fsp3) is 0.462. The number of aliphatic hydroxyl groups excluding tert-OH is 1. The number of carbonyl (C=O) groups excluding carboxylic acids is 2. The molecule has 0 saturated carbocycles. The van der Waals surface area contributed by atoms with Gasteiger partial charge >= 0.3 is 5.97 Å². The van der Waals surface area contributed by atoms with Gasteiger partial charge in [0.05, 0.1) is 18.7 Å². The smallest absolute Gasteiger partial charge is 0.338 e. The molecule has 3 heterocycles. The van der Waals surface area contributed by atoms with Crippen LogP contribution in [-0.4, -0.2) is 85.1 Å². The number of rotatable bonds is 9. The summed E-state index contributed by atoms with van der Waals surface area (Å²) < 4.78 is 53.9. The monoisotopic (exact) mass is 568 g/mol. The van der Waals surface area contributed by atoms with Crippen LogP contribution in [0.2, 0.25) is 0 Å². The number of alkyl halides is 2. The van der Waals surface area contributed by atoms with Gasteiger partial charge in [0.25, 0.3) is 5.92 Å². The summed E-state index contributed by atoms with van der Waals surface area (Å²) in [6.45, 7) is 2.64. The maximum absolute atomic E-state index is 14.8. The number of benzene rings is 1. The number of halogens is 3. The van der Waals surface area contributed by atoms with E-state index < -0.39 is 42.5 Å². The molecule has 0 bridgehead atoms. The van der Waals surface area contributed by atoms with Crippen molar-refractivity contribution in [2.75, 3.05) is 40.0 Å². The second-order valence-electron chi connectivity index (χ2n) is 8.82. The van der Waals surface area contributed by atoms with Crippen LogP contribution in [0.15, 0.2) is 52.1 Å². The molecule has 0 amide bonds. The molecular formula is C26H31F3N4O5S. The lowest BCUT2D eigenvalue weighted by Crippen LogP contribution is -2.54. The van der Waals surface area contributed by atoms with Crippen LogP contribution in [0.5, 0.6) is 0 Å². The van der Waals surface area contributed by atoms with Gasteiger partial charge in [-0.15, -0.1) is 11.3 Å². The quantitative estimate of drug-likeness (QED) is 0.351. The van der Waals surface area contributed by atoms with Gasteiger partial charge in [-0.05, 0) is 38.0 Å². The van der Waals surface area contributed by atoms with Gasteiger partial charge in [0.1, 0.15) is 30.4 Å². The summed E-state index contributed by atoms with van der Waals surface area (Å²) in [5, 5.41) is 12.4. The maximum atomic E-state index is 14.8. The molecule has 1 unspecified atom stereocenters. The second-order valence-corrected chi connectivity index (χ2v) is 9.72. The van der Waals surface area contributed by atoms with Gasteiger partial charge in [0, 0.05) is 37.5 Å². The van der Waals surface area contributed by atoms with Crippen molar-refractivity contribution < 1.29 is 37.3 Å². The highest BCUT2D eigenvalue weighted by Crippen LogP contribution is 2.40. The highest BCUT2D eigenvalue weighted by molar-refractivity contribution is 7.11. The number of thiazole rings is 1. The molecule has 4 rings (SSSR count). The number of nitrogens with zero attached hydrogens (tertiary/aromatic N) is 3. The van der Waals surface area contributed by atoms with E-state index in [-0.39, 0.29) is 31.7 Å². The second kappa shape index (κ2) is 13.3. The Morgan fingerprint density at radius 3 is 2.62 bits per heavy atom. The summed E-state index contributed by atoms with van der Waals surface area (Å²) >= 11 is 1.32. The van der Waals surface area contributed by atoms with Crippen LogP contribution in [-0.2, 0) is 24.6 Å². The summed E-state index contributed by atoms with van der Waals surface area (Å²) in [7, 11) is 1.00. The molecule has 0 aliphatic carbocycles. The van der Waals surface area contributed by atoms with E-state index in [9.17, 15) is 22.8 Å². The third-order valence-corrected chi connectivity index (χ3v) is 7.05. The molecule has 39 heavy (non-hydrogen) atoms. The third-order valence-electron chi connectivity index (χ3n) is 6.27. The minimum Gasteiger partial charge on any atom is -0.463 e. The first-order valence-corrected chi connectivity index (χ1v) is 13.1. The molecular weight excluding hydrogens is 537 g/mol. The number of hydrogen-bond acceptors (Lipinski definition) is 10. The number of hydrogen-bond donors (Lipinski definition) is 2. The minimum absolute atomic E-state index is 0.00547. The summed E-state index contributed by atoms with van der Waals surface area (Å²) in [6, 6.07) is 5.61. The van der Waals surface area contributed by atoms with Crippen LogP contribution in [0.1, 0.15) is 30.8 Å². The lowest BCUT2D eigenvalue weighted by atomic mass is 9.82. The molecule has 2 aromatic rings. The number of aliphatic hydroxyl groups is 1. The van der Waals surface area contributed by atoms with E-state index in [1.807, 2.05) is 0 Å². The molecule has 0 spiro atoms. The molecule has 2 atom stereocenters. The SMILES string of the molecule is CCOC(=O)C1=C(CN2CCC(OCC=O)C(F)(F)C2)NC(c2nccs2)=N[C@]1(C)c1ccc(F)cc1.CO. The number of ether oxygens (including phenoxy) is 2. The number of amidine groups is 1. The Kier molecular flexibility index (Phi) is 10.4. The Bertz CT molecular complexity index is 1190. The van der Waals surface area contributed by atoms with E-state index in [0.29, 0.717) is 28.4 Å². The number of piperidine rings is 1. The zero-order chi connectivity index (χ0) is 28.6. The zero-order valence-electron chi connectivity index (χ0n) is 21.8. The van der Waals surface area contributed by atoms with Gasteiger partial charge in [-0.25, -0.2) is 27.9 Å². The van der Waals surface area contributed by atoms with E-state index in [2.05, 4.69) is 10.3 Å². The van der Waals surface area contributed by atoms with Gasteiger partial charge in [-0.1, -0.05) is 12.1 Å². The van der Waals surface area contributed by atoms with Gasteiger partial charge in [0.15, 0.2) is 10.8 Å². The van der Waals surface area contributed by atoms with Gasteiger partial charge in [0.2, 0.25) is 0 Å². The van der Waals surface area contributed by atoms with Crippen molar-refractivity contribution in [2.24, 2.45) is 4.99 Å². The lowest BCUT2D eigenvalue weighted by molar-refractivity contribution is -0.171. The van der Waals surface area contributed by atoms with Gasteiger partial charge in [-0.3, -0.25) is 4.90 Å². The molecule has 2 N–H and O–H groups in total. The Balaban J connectivity index is 0.00000205. The summed E-state index contributed by atoms with van der Waals surface area (Å²) in [4.78, 5) is 34.5. The topological polar surface area (TPSA) is 113 Å². The van der Waals surface area contributed by atoms with Gasteiger partial charge < -0.3 is 24.7 Å². The molecule has 2 aliphatic heterocycles. The van der Waals surface area contributed by atoms with Crippen LogP contribution in [0, 0.1) is 5.82 Å². The average Bonchev–Trinajstić information content (AvgIpc) is 3.44. The fourth-order valence-corrected chi connectivity index (χ4v) is 5.17. The summed E-state index contributed by atoms with van der Waals surface area (Å²) in [5.74, 6) is -3.95. The largest absolute Gasteiger partial charge is 0.463 e. The molecule has 212 valence electrons. The number of carbonyl (C=O) groups is 2. The van der Waals surface area contributed by atoms with Crippen molar-refractivity contribution in [3.63, 3.8) is 0 Å². The molecule has 1 aromatic heterocycles. The molecule has 9 nitrogen and oxygen atoms in total. The summed E-state index contributed by atoms with van der Waals surface area (Å²) in [6.07, 6.45) is 0.684. The number of likely N-dealkylation sites (tertiary alicyclic amines) is 1. The molecule has 1 saturated heterocycles. The normalized spacial score (nSPS) is 22.7. The van der Waals surface area contributed by atoms with E-state index in [1.165, 1.54) is 40.5 Å². The minimum atomic E-state index is -3.20. The molecule has 2 aliphatic rings. The number of aliphatic imine (C=N–C) groups is 1. The van der Waals surface area contributed by atoms with Crippen molar-refractivity contribution in [1.29, 1.82) is 0 Å². The highest BCUT2D eigenvalue weighted by Gasteiger charge is 2.47. The molecule has 13 heteroatoms. The molecule has 1 fully saturated rings. The number of aldehydes is 1. The zero-order valence-corrected chi connectivity index (χ0v) is 22.6. The first-order valence-electron chi connectivity index (χ1n) is 12.2. The first-order chi connectivity index (χ1) is 18.7. The highest BCUT2D eigenvalue weighted by atomic mass is 32.1. The van der Waals surface area contributed by atoms with Crippen LogP contribution in [0.25, 0.3) is 0 Å². The summed E-state index contributed by atoms with van der Waals surface area (Å²) in [5.41, 5.74) is -0.302. The van der Waals surface area contributed by atoms with Crippen LogP contribution in [0.3, 0.4) is 0 Å².